The van der Waals surface area contributed by atoms with E-state index in [0.717, 1.165) is 17.8 Å². The number of nitrogens with one attached hydrogen (secondary N) is 1. The molecule has 0 radical (unpaired) electrons. The molecule has 1 unspecified atom stereocenters. The van der Waals surface area contributed by atoms with Crippen LogP contribution in [0.1, 0.15) is 25.8 Å². The van der Waals surface area contributed by atoms with Crippen LogP contribution in [0.4, 0.5) is 5.82 Å². The molecule has 3 nitrogen and oxygen atoms in total. The fourth-order valence-electron chi connectivity index (χ4n) is 1.07. The Morgan fingerprint density at radius 3 is 3.00 bits per heavy atom. The average molecular weight is 179 g/mol. The lowest BCUT2D eigenvalue weighted by molar-refractivity contribution is 0.756. The summed E-state index contributed by atoms with van der Waals surface area (Å²) in [5.41, 5.74) is 6.66. The standard InChI is InChI=1S/C10H17N3/c1-3-8(2)13-10-9(7-11)5-4-6-12-10/h4-6,8H,3,7,11H2,1-2H3,(H,12,13). The first-order valence-corrected chi connectivity index (χ1v) is 4.68. The third kappa shape index (κ3) is 2.70. The molecule has 1 atom stereocenters. The van der Waals surface area contributed by atoms with E-state index >= 15 is 0 Å². The Bertz CT molecular complexity index is 260. The van der Waals surface area contributed by atoms with Crippen LogP contribution in [-0.2, 0) is 6.54 Å². The molecule has 1 rings (SSSR count). The third-order valence-electron chi connectivity index (χ3n) is 2.11. The van der Waals surface area contributed by atoms with Gasteiger partial charge in [0.1, 0.15) is 5.82 Å². The summed E-state index contributed by atoms with van der Waals surface area (Å²) in [5, 5.41) is 3.32. The van der Waals surface area contributed by atoms with Gasteiger partial charge in [-0.3, -0.25) is 0 Å². The van der Waals surface area contributed by atoms with Crippen LogP contribution in [0, 0.1) is 0 Å². The van der Waals surface area contributed by atoms with Crippen molar-refractivity contribution in [3.63, 3.8) is 0 Å². The second kappa shape index (κ2) is 4.82. The van der Waals surface area contributed by atoms with Crippen LogP contribution in [0.2, 0.25) is 0 Å². The van der Waals surface area contributed by atoms with E-state index < -0.39 is 0 Å². The third-order valence-corrected chi connectivity index (χ3v) is 2.11. The highest BCUT2D eigenvalue weighted by atomic mass is 15.0. The molecule has 0 spiro atoms. The highest BCUT2D eigenvalue weighted by molar-refractivity contribution is 5.44. The van der Waals surface area contributed by atoms with Gasteiger partial charge in [0, 0.05) is 24.3 Å². The minimum Gasteiger partial charge on any atom is -0.367 e. The van der Waals surface area contributed by atoms with Crippen LogP contribution in [0.5, 0.6) is 0 Å². The molecule has 72 valence electrons. The summed E-state index contributed by atoms with van der Waals surface area (Å²) in [7, 11) is 0. The molecule has 3 N–H and O–H groups in total. The topological polar surface area (TPSA) is 50.9 Å². The monoisotopic (exact) mass is 179 g/mol. The van der Waals surface area contributed by atoms with Crippen LogP contribution < -0.4 is 11.1 Å². The van der Waals surface area contributed by atoms with E-state index in [1.165, 1.54) is 0 Å². The molecule has 1 aromatic rings. The molecule has 0 aromatic carbocycles. The van der Waals surface area contributed by atoms with Crippen LogP contribution in [0.25, 0.3) is 0 Å². The molecule has 0 aliphatic heterocycles. The van der Waals surface area contributed by atoms with E-state index in [0.29, 0.717) is 12.6 Å². The van der Waals surface area contributed by atoms with Gasteiger partial charge in [-0.2, -0.15) is 0 Å². The number of pyridine rings is 1. The lowest BCUT2D eigenvalue weighted by atomic mass is 10.2. The summed E-state index contributed by atoms with van der Waals surface area (Å²) in [4.78, 5) is 4.25. The van der Waals surface area contributed by atoms with Crippen LogP contribution >= 0.6 is 0 Å². The van der Waals surface area contributed by atoms with Gasteiger partial charge in [0.15, 0.2) is 0 Å². The number of nitrogens with two attached hydrogens (primary N) is 1. The van der Waals surface area contributed by atoms with E-state index in [1.54, 1.807) is 6.20 Å². The Labute approximate surface area is 79.4 Å². The second-order valence-corrected chi connectivity index (χ2v) is 3.17. The zero-order chi connectivity index (χ0) is 9.68. The van der Waals surface area contributed by atoms with Crippen molar-refractivity contribution < 1.29 is 0 Å². The molecule has 0 aliphatic rings. The van der Waals surface area contributed by atoms with E-state index in [4.69, 9.17) is 5.73 Å². The SMILES string of the molecule is CCC(C)Nc1ncccc1CN. The minimum absolute atomic E-state index is 0.445. The number of rotatable bonds is 4. The average Bonchev–Trinajstić information content (AvgIpc) is 2.18. The maximum atomic E-state index is 5.59. The van der Waals surface area contributed by atoms with Crippen molar-refractivity contribution in [1.82, 2.24) is 4.98 Å². The summed E-state index contributed by atoms with van der Waals surface area (Å²) in [6.07, 6.45) is 2.87. The predicted molar refractivity (Wildman–Crippen MR) is 55.5 cm³/mol. The van der Waals surface area contributed by atoms with E-state index in [9.17, 15) is 0 Å². The maximum absolute atomic E-state index is 5.59. The predicted octanol–water partition coefficient (Wildman–Crippen LogP) is 1.75. The summed E-state index contributed by atoms with van der Waals surface area (Å²) in [6.45, 7) is 4.81. The van der Waals surface area contributed by atoms with Crippen molar-refractivity contribution in [3.8, 4) is 0 Å². The van der Waals surface area contributed by atoms with Gasteiger partial charge in [0.05, 0.1) is 0 Å². The molecule has 0 saturated carbocycles. The van der Waals surface area contributed by atoms with E-state index in [-0.39, 0.29) is 0 Å². The fourth-order valence-corrected chi connectivity index (χ4v) is 1.07. The molecule has 0 bridgehead atoms. The lowest BCUT2D eigenvalue weighted by Gasteiger charge is -2.14. The largest absolute Gasteiger partial charge is 0.367 e. The Morgan fingerprint density at radius 1 is 1.62 bits per heavy atom. The van der Waals surface area contributed by atoms with Crippen molar-refractivity contribution in [2.45, 2.75) is 32.9 Å². The molecular formula is C10H17N3. The number of anilines is 1. The first kappa shape index (κ1) is 9.99. The highest BCUT2D eigenvalue weighted by Gasteiger charge is 2.03. The number of nitrogens with zero attached hydrogens (tertiary/aromatic N) is 1. The Hall–Kier alpha value is -1.09. The summed E-state index contributed by atoms with van der Waals surface area (Å²) >= 11 is 0. The lowest BCUT2D eigenvalue weighted by Crippen LogP contribution is -2.16. The van der Waals surface area contributed by atoms with Gasteiger partial charge in [-0.05, 0) is 19.4 Å². The molecule has 3 heteroatoms. The molecule has 0 aliphatic carbocycles. The van der Waals surface area contributed by atoms with Gasteiger partial charge < -0.3 is 11.1 Å². The smallest absolute Gasteiger partial charge is 0.130 e. The quantitative estimate of drug-likeness (QED) is 0.740. The Kier molecular flexibility index (Phi) is 3.71. The normalized spacial score (nSPS) is 12.5. The molecule has 13 heavy (non-hydrogen) atoms. The van der Waals surface area contributed by atoms with E-state index in [1.807, 2.05) is 12.1 Å². The van der Waals surface area contributed by atoms with Gasteiger partial charge in [-0.15, -0.1) is 0 Å². The minimum atomic E-state index is 0.445. The zero-order valence-electron chi connectivity index (χ0n) is 8.25. The van der Waals surface area contributed by atoms with Crippen molar-refractivity contribution in [2.75, 3.05) is 5.32 Å². The van der Waals surface area contributed by atoms with Gasteiger partial charge in [-0.1, -0.05) is 13.0 Å². The van der Waals surface area contributed by atoms with Crippen LogP contribution in [0.3, 0.4) is 0 Å². The molecule has 1 heterocycles. The first-order valence-electron chi connectivity index (χ1n) is 4.68. The van der Waals surface area contributed by atoms with Gasteiger partial charge >= 0.3 is 0 Å². The number of hydrogen-bond donors (Lipinski definition) is 2. The number of aromatic nitrogens is 1. The van der Waals surface area contributed by atoms with Gasteiger partial charge in [0.25, 0.3) is 0 Å². The number of hydrogen-bond acceptors (Lipinski definition) is 3. The second-order valence-electron chi connectivity index (χ2n) is 3.17. The van der Waals surface area contributed by atoms with Crippen molar-refractivity contribution in [2.24, 2.45) is 5.73 Å². The van der Waals surface area contributed by atoms with E-state index in [2.05, 4.69) is 24.1 Å². The van der Waals surface area contributed by atoms with Gasteiger partial charge in [0.2, 0.25) is 0 Å². The summed E-state index contributed by atoms with van der Waals surface area (Å²) < 4.78 is 0. The summed E-state index contributed by atoms with van der Waals surface area (Å²) in [5.74, 6) is 0.916. The van der Waals surface area contributed by atoms with Gasteiger partial charge in [-0.25, -0.2) is 4.98 Å². The Balaban J connectivity index is 2.74. The van der Waals surface area contributed by atoms with Crippen LogP contribution in [0.15, 0.2) is 18.3 Å². The molecule has 1 aromatic heterocycles. The maximum Gasteiger partial charge on any atom is 0.130 e. The molecule has 0 amide bonds. The first-order chi connectivity index (χ1) is 6.27. The zero-order valence-corrected chi connectivity index (χ0v) is 8.25. The highest BCUT2D eigenvalue weighted by Crippen LogP contribution is 2.12. The van der Waals surface area contributed by atoms with Crippen LogP contribution in [-0.4, -0.2) is 11.0 Å². The Morgan fingerprint density at radius 2 is 2.38 bits per heavy atom. The van der Waals surface area contributed by atoms with Crippen molar-refractivity contribution in [3.05, 3.63) is 23.9 Å². The molecular weight excluding hydrogens is 162 g/mol. The molecule has 0 fully saturated rings. The van der Waals surface area contributed by atoms with Crippen molar-refractivity contribution >= 4 is 5.82 Å². The summed E-state index contributed by atoms with van der Waals surface area (Å²) in [6, 6.07) is 4.35. The van der Waals surface area contributed by atoms with Crippen molar-refractivity contribution in [1.29, 1.82) is 0 Å². The fraction of sp³-hybridized carbons (Fsp3) is 0.500. The molecule has 0 saturated heterocycles.